The van der Waals surface area contributed by atoms with Crippen molar-refractivity contribution in [3.8, 4) is 5.75 Å². The van der Waals surface area contributed by atoms with Gasteiger partial charge in [0.15, 0.2) is 6.61 Å². The van der Waals surface area contributed by atoms with E-state index in [2.05, 4.69) is 26.3 Å². The largest absolute Gasteiger partial charge is 0.484 e. The number of hydrogen-bond acceptors (Lipinski definition) is 7. The average molecular weight is 504 g/mol. The van der Waals surface area contributed by atoms with E-state index in [1.54, 1.807) is 61.8 Å². The number of pyridine rings is 1. The van der Waals surface area contributed by atoms with Crippen LogP contribution in [0.25, 0.3) is 0 Å². The van der Waals surface area contributed by atoms with Crippen molar-refractivity contribution >= 4 is 35.1 Å². The quantitative estimate of drug-likeness (QED) is 0.132. The van der Waals surface area contributed by atoms with E-state index in [9.17, 15) is 14.4 Å². The SMILES string of the molecule is CNC(=N)c1ccc(C(=O)Nc2ccc(OCC(=O)NCCCN)cc2C(=O)Nc2ccccn2)cc1. The van der Waals surface area contributed by atoms with Crippen molar-refractivity contribution < 1.29 is 19.1 Å². The lowest BCUT2D eigenvalue weighted by atomic mass is 10.1. The molecule has 1 aromatic heterocycles. The fourth-order valence-corrected chi connectivity index (χ4v) is 3.19. The first-order chi connectivity index (χ1) is 17.9. The van der Waals surface area contributed by atoms with E-state index >= 15 is 0 Å². The van der Waals surface area contributed by atoms with Crippen molar-refractivity contribution in [1.29, 1.82) is 5.41 Å². The third kappa shape index (κ3) is 7.87. The third-order valence-electron chi connectivity index (χ3n) is 5.15. The van der Waals surface area contributed by atoms with Crippen LogP contribution in [0, 0.1) is 5.41 Å². The first kappa shape index (κ1) is 26.8. The fraction of sp³-hybridized carbons (Fsp3) is 0.192. The zero-order valence-corrected chi connectivity index (χ0v) is 20.3. The molecule has 0 bridgehead atoms. The molecule has 0 aliphatic rings. The van der Waals surface area contributed by atoms with Gasteiger partial charge in [0.25, 0.3) is 17.7 Å². The van der Waals surface area contributed by atoms with Crippen LogP contribution in [0.1, 0.15) is 32.7 Å². The Morgan fingerprint density at radius 1 is 0.973 bits per heavy atom. The Hall–Kier alpha value is -4.77. The minimum Gasteiger partial charge on any atom is -0.484 e. The molecule has 37 heavy (non-hydrogen) atoms. The molecule has 0 atom stereocenters. The highest BCUT2D eigenvalue weighted by Gasteiger charge is 2.17. The van der Waals surface area contributed by atoms with Gasteiger partial charge in [0, 0.05) is 30.9 Å². The summed E-state index contributed by atoms with van der Waals surface area (Å²) in [5.74, 6) is -0.456. The molecule has 0 fully saturated rings. The minimum atomic E-state index is -0.523. The summed E-state index contributed by atoms with van der Waals surface area (Å²) in [4.78, 5) is 42.1. The lowest BCUT2D eigenvalue weighted by Gasteiger charge is -2.14. The van der Waals surface area contributed by atoms with Gasteiger partial charge in [-0.25, -0.2) is 4.98 Å². The molecule has 0 radical (unpaired) electrons. The Labute approximate surface area is 214 Å². The first-order valence-corrected chi connectivity index (χ1v) is 11.6. The summed E-state index contributed by atoms with van der Waals surface area (Å²) in [5, 5.41) is 18.7. The van der Waals surface area contributed by atoms with Crippen LogP contribution in [0.4, 0.5) is 11.5 Å². The summed E-state index contributed by atoms with van der Waals surface area (Å²) in [6.45, 7) is 0.664. The van der Waals surface area contributed by atoms with Crippen LogP contribution in [-0.4, -0.2) is 55.3 Å². The zero-order valence-electron chi connectivity index (χ0n) is 20.3. The number of ether oxygens (including phenoxy) is 1. The van der Waals surface area contributed by atoms with Gasteiger partial charge in [-0.2, -0.15) is 0 Å². The highest BCUT2D eigenvalue weighted by atomic mass is 16.5. The molecular formula is C26H29N7O4. The first-order valence-electron chi connectivity index (χ1n) is 11.6. The predicted octanol–water partition coefficient (Wildman–Crippen LogP) is 1.97. The number of hydrogen-bond donors (Lipinski definition) is 6. The Bertz CT molecular complexity index is 1250. The predicted molar refractivity (Wildman–Crippen MR) is 141 cm³/mol. The van der Waals surface area contributed by atoms with Crippen molar-refractivity contribution in [2.75, 3.05) is 37.4 Å². The summed E-state index contributed by atoms with van der Waals surface area (Å²) in [6, 6.07) is 16.1. The van der Waals surface area contributed by atoms with Crippen molar-refractivity contribution in [3.05, 3.63) is 83.6 Å². The third-order valence-corrected chi connectivity index (χ3v) is 5.15. The number of amides is 3. The molecule has 1 heterocycles. The smallest absolute Gasteiger partial charge is 0.259 e. The van der Waals surface area contributed by atoms with Crippen LogP contribution in [0.5, 0.6) is 5.75 Å². The van der Waals surface area contributed by atoms with Crippen LogP contribution in [-0.2, 0) is 4.79 Å². The molecule has 3 aromatic rings. The van der Waals surface area contributed by atoms with Crippen molar-refractivity contribution in [2.45, 2.75) is 6.42 Å². The maximum absolute atomic E-state index is 13.1. The van der Waals surface area contributed by atoms with E-state index in [-0.39, 0.29) is 35.4 Å². The van der Waals surface area contributed by atoms with Crippen LogP contribution in [0.15, 0.2) is 66.9 Å². The van der Waals surface area contributed by atoms with E-state index in [1.165, 1.54) is 12.1 Å². The molecule has 2 aromatic carbocycles. The highest BCUT2D eigenvalue weighted by molar-refractivity contribution is 6.12. The van der Waals surface area contributed by atoms with Crippen molar-refractivity contribution in [1.82, 2.24) is 15.6 Å². The van der Waals surface area contributed by atoms with E-state index in [1.807, 2.05) is 0 Å². The monoisotopic (exact) mass is 503 g/mol. The number of benzene rings is 2. The Morgan fingerprint density at radius 3 is 2.41 bits per heavy atom. The second kappa shape index (κ2) is 13.4. The van der Waals surface area contributed by atoms with Crippen LogP contribution >= 0.6 is 0 Å². The second-order valence-electron chi connectivity index (χ2n) is 7.81. The van der Waals surface area contributed by atoms with Gasteiger partial charge in [-0.1, -0.05) is 18.2 Å². The fourth-order valence-electron chi connectivity index (χ4n) is 3.19. The van der Waals surface area contributed by atoms with Crippen LogP contribution in [0.3, 0.4) is 0 Å². The van der Waals surface area contributed by atoms with Crippen LogP contribution < -0.4 is 31.7 Å². The number of rotatable bonds is 11. The molecule has 0 aliphatic carbocycles. The molecule has 7 N–H and O–H groups in total. The number of aromatic nitrogens is 1. The molecule has 3 rings (SSSR count). The van der Waals surface area contributed by atoms with Gasteiger partial charge in [-0.15, -0.1) is 0 Å². The molecule has 0 saturated heterocycles. The average Bonchev–Trinajstić information content (AvgIpc) is 2.92. The number of carbonyl (C=O) groups excluding carboxylic acids is 3. The topological polar surface area (TPSA) is 171 Å². The highest BCUT2D eigenvalue weighted by Crippen LogP contribution is 2.24. The molecule has 11 nitrogen and oxygen atoms in total. The maximum Gasteiger partial charge on any atom is 0.259 e. The number of carbonyl (C=O) groups is 3. The molecule has 11 heteroatoms. The van der Waals surface area contributed by atoms with Gasteiger partial charge >= 0.3 is 0 Å². The van der Waals surface area contributed by atoms with Crippen molar-refractivity contribution in [2.24, 2.45) is 5.73 Å². The summed E-state index contributed by atoms with van der Waals surface area (Å²) in [6.07, 6.45) is 2.19. The second-order valence-corrected chi connectivity index (χ2v) is 7.81. The van der Waals surface area contributed by atoms with E-state index in [0.29, 0.717) is 36.5 Å². The van der Waals surface area contributed by atoms with E-state index < -0.39 is 11.8 Å². The Balaban J connectivity index is 1.79. The van der Waals surface area contributed by atoms with Gasteiger partial charge in [0.05, 0.1) is 11.3 Å². The summed E-state index contributed by atoms with van der Waals surface area (Å²) >= 11 is 0. The van der Waals surface area contributed by atoms with Gasteiger partial charge in [0.2, 0.25) is 0 Å². The lowest BCUT2D eigenvalue weighted by molar-refractivity contribution is -0.123. The minimum absolute atomic E-state index is 0.119. The lowest BCUT2D eigenvalue weighted by Crippen LogP contribution is -2.30. The molecule has 0 aliphatic heterocycles. The van der Waals surface area contributed by atoms with Crippen LogP contribution in [0.2, 0.25) is 0 Å². The Kier molecular flexibility index (Phi) is 9.68. The molecule has 0 unspecified atom stereocenters. The number of nitrogens with two attached hydrogens (primary N) is 1. The van der Waals surface area contributed by atoms with Gasteiger partial charge in [-0.05, 0) is 55.4 Å². The number of nitrogens with one attached hydrogen (secondary N) is 5. The van der Waals surface area contributed by atoms with E-state index in [0.717, 1.165) is 0 Å². The summed E-state index contributed by atoms with van der Waals surface area (Å²) in [5.41, 5.74) is 6.76. The zero-order chi connectivity index (χ0) is 26.6. The molecule has 3 amide bonds. The molecule has 0 spiro atoms. The number of anilines is 2. The normalized spacial score (nSPS) is 10.2. The van der Waals surface area contributed by atoms with Gasteiger partial charge < -0.3 is 31.7 Å². The van der Waals surface area contributed by atoms with E-state index in [4.69, 9.17) is 15.9 Å². The van der Waals surface area contributed by atoms with Gasteiger partial charge in [0.1, 0.15) is 17.4 Å². The standard InChI is InChI=1S/C26H29N7O4/c1-29-24(28)17-6-8-18(9-7-17)25(35)32-21-11-10-19(37-16-23(34)31-14-4-12-27)15-20(21)26(36)33-22-5-2-3-13-30-22/h2-3,5-11,13,15H,4,12,14,16,27H2,1H3,(H2,28,29)(H,31,34)(H,32,35)(H,30,33,36). The Morgan fingerprint density at radius 2 is 1.73 bits per heavy atom. The summed E-state index contributed by atoms with van der Waals surface area (Å²) < 4.78 is 5.55. The number of amidine groups is 1. The van der Waals surface area contributed by atoms with Gasteiger partial charge in [-0.3, -0.25) is 19.8 Å². The molecular weight excluding hydrogens is 474 g/mol. The number of nitrogens with zero attached hydrogens (tertiary/aromatic N) is 1. The maximum atomic E-state index is 13.1. The summed E-state index contributed by atoms with van der Waals surface area (Å²) in [7, 11) is 1.64. The van der Waals surface area contributed by atoms with Crippen molar-refractivity contribution in [3.63, 3.8) is 0 Å². The molecule has 0 saturated carbocycles. The molecule has 192 valence electrons.